The summed E-state index contributed by atoms with van der Waals surface area (Å²) in [7, 11) is -2.83. The number of aromatic nitrogens is 4. The van der Waals surface area contributed by atoms with Gasteiger partial charge in [-0.25, -0.2) is 15.2 Å². The predicted molar refractivity (Wildman–Crippen MR) is 162 cm³/mol. The van der Waals surface area contributed by atoms with Crippen LogP contribution in [0.2, 0.25) is 0 Å². The Bertz CT molecular complexity index is 1400. The summed E-state index contributed by atoms with van der Waals surface area (Å²) in [6, 6.07) is -1.13. The first kappa shape index (κ1) is 36.5. The summed E-state index contributed by atoms with van der Waals surface area (Å²) >= 11 is 0. The van der Waals surface area contributed by atoms with Crippen LogP contribution in [0.5, 0.6) is 5.88 Å². The maximum atomic E-state index is 13.9. The van der Waals surface area contributed by atoms with Gasteiger partial charge in [0, 0.05) is 0 Å². The molecule has 0 bridgehead atoms. The van der Waals surface area contributed by atoms with Crippen molar-refractivity contribution in [3.05, 3.63) is 6.33 Å². The van der Waals surface area contributed by atoms with Crippen LogP contribution in [0.4, 0.5) is 5.95 Å². The number of aliphatic hydroxyl groups is 2. The fourth-order valence-electron chi connectivity index (χ4n) is 4.14. The average molecular weight is 660 g/mol. The number of rotatable bonds is 13. The number of methoxy groups -OCH3 is 1. The zero-order chi connectivity index (χ0) is 34.0. The van der Waals surface area contributed by atoms with E-state index in [1.807, 2.05) is 41.5 Å². The van der Waals surface area contributed by atoms with Crippen LogP contribution >= 0.6 is 7.67 Å². The van der Waals surface area contributed by atoms with E-state index in [1.165, 1.54) is 31.9 Å². The summed E-state index contributed by atoms with van der Waals surface area (Å²) in [5.41, 5.74) is 3.69. The number of nitrogens with zero attached hydrogens (tertiary/aromatic N) is 4. The maximum Gasteiger partial charge on any atom is 0.342 e. The van der Waals surface area contributed by atoms with Gasteiger partial charge in [-0.15, -0.1) is 0 Å². The van der Waals surface area contributed by atoms with Gasteiger partial charge in [0.2, 0.25) is 11.8 Å². The fourth-order valence-corrected chi connectivity index (χ4v) is 5.71. The van der Waals surface area contributed by atoms with Crippen molar-refractivity contribution in [3.8, 4) is 5.88 Å². The molecule has 1 aliphatic heterocycles. The summed E-state index contributed by atoms with van der Waals surface area (Å²) in [6.45, 7) is 13.2. The zero-order valence-corrected chi connectivity index (χ0v) is 28.1. The van der Waals surface area contributed by atoms with Crippen LogP contribution in [-0.4, -0.2) is 99.0 Å². The number of anilines is 1. The highest BCUT2D eigenvalue weighted by Gasteiger charge is 2.54. The van der Waals surface area contributed by atoms with E-state index >= 15 is 0 Å². The first-order valence-corrected chi connectivity index (χ1v) is 16.0. The normalized spacial score (nSPS) is 24.3. The molecular formula is C27H46N7O10P. The minimum absolute atomic E-state index is 0.101. The second-order valence-corrected chi connectivity index (χ2v) is 15.5. The summed E-state index contributed by atoms with van der Waals surface area (Å²) in [6.07, 6.45) is -2.72. The molecule has 3 heterocycles. The van der Waals surface area contributed by atoms with E-state index in [2.05, 4.69) is 25.1 Å². The summed E-state index contributed by atoms with van der Waals surface area (Å²) in [5.74, 6) is -1.42. The lowest BCUT2D eigenvalue weighted by Gasteiger charge is -2.27. The van der Waals surface area contributed by atoms with E-state index in [-0.39, 0.29) is 47.0 Å². The van der Waals surface area contributed by atoms with Crippen LogP contribution < -0.4 is 20.6 Å². The molecule has 6 atom stereocenters. The van der Waals surface area contributed by atoms with Crippen molar-refractivity contribution in [2.24, 2.45) is 10.8 Å². The fraction of sp³-hybridized carbons (Fsp3) is 0.741. The molecule has 3 rings (SSSR count). The largest absolute Gasteiger partial charge is 0.479 e. The van der Waals surface area contributed by atoms with Crippen LogP contribution in [0, 0.1) is 10.8 Å². The van der Waals surface area contributed by atoms with Crippen molar-refractivity contribution in [2.75, 3.05) is 39.2 Å². The molecule has 18 heteroatoms. The van der Waals surface area contributed by atoms with Crippen LogP contribution in [0.25, 0.3) is 11.2 Å². The molecule has 45 heavy (non-hydrogen) atoms. The summed E-state index contributed by atoms with van der Waals surface area (Å²) in [5, 5.41) is 27.4. The Morgan fingerprint density at radius 3 is 2.40 bits per heavy atom. The number of nitrogens with two attached hydrogens (primary N) is 1. The molecule has 0 aliphatic carbocycles. The first-order chi connectivity index (χ1) is 20.7. The lowest BCUT2D eigenvalue weighted by Crippen LogP contribution is -2.45. The molecule has 17 nitrogen and oxygen atoms in total. The van der Waals surface area contributed by atoms with Crippen LogP contribution in [0.15, 0.2) is 6.33 Å². The molecule has 2 aromatic heterocycles. The van der Waals surface area contributed by atoms with E-state index in [4.69, 9.17) is 29.2 Å². The quantitative estimate of drug-likeness (QED) is 0.151. The van der Waals surface area contributed by atoms with Gasteiger partial charge in [0.15, 0.2) is 17.4 Å². The Morgan fingerprint density at radius 2 is 1.80 bits per heavy atom. The Balaban J connectivity index is 1.79. The number of hydrogen-bond donors (Lipinski definition) is 5. The number of imidazole rings is 1. The van der Waals surface area contributed by atoms with Crippen molar-refractivity contribution in [1.82, 2.24) is 29.7 Å². The Hall–Kier alpha value is -2.92. The molecule has 0 amide bonds. The van der Waals surface area contributed by atoms with Crippen molar-refractivity contribution >= 4 is 36.7 Å². The van der Waals surface area contributed by atoms with Gasteiger partial charge in [0.05, 0.1) is 33.3 Å². The lowest BCUT2D eigenvalue weighted by atomic mass is 9.96. The first-order valence-electron chi connectivity index (χ1n) is 14.4. The van der Waals surface area contributed by atoms with Crippen molar-refractivity contribution in [1.29, 1.82) is 0 Å². The molecule has 0 aromatic carbocycles. The minimum Gasteiger partial charge on any atom is -0.479 e. The number of carbonyl (C=O) groups excluding carboxylic acids is 2. The van der Waals surface area contributed by atoms with E-state index in [1.54, 1.807) is 0 Å². The van der Waals surface area contributed by atoms with Gasteiger partial charge in [0.1, 0.15) is 30.4 Å². The van der Waals surface area contributed by atoms with Gasteiger partial charge < -0.3 is 39.4 Å². The van der Waals surface area contributed by atoms with Gasteiger partial charge in [-0.2, -0.15) is 9.97 Å². The van der Waals surface area contributed by atoms with Crippen molar-refractivity contribution in [3.63, 3.8) is 0 Å². The molecule has 6 N–H and O–H groups in total. The standard InChI is InChI=1S/C27H46N7O10P/c1-15(22(37)42-13-26(5,6)7)33-45(39,30-10-17(35)41-12-25(2,3)4)43-11-16-19(36)27(8,38)23(44-16)34-14-29-18-20(34)31-24(28)32-21(18)40-9/h14-16,19,23,36,38H,10-13H2,1-9H3,(H2,28,31,32)(H2,30,33,39). The second kappa shape index (κ2) is 13.8. The van der Waals surface area contributed by atoms with Gasteiger partial charge in [-0.1, -0.05) is 41.5 Å². The number of fused-ring (bicyclic) bond motifs is 1. The molecule has 6 unspecified atom stereocenters. The zero-order valence-electron chi connectivity index (χ0n) is 27.2. The maximum absolute atomic E-state index is 13.9. The highest BCUT2D eigenvalue weighted by molar-refractivity contribution is 7.54. The van der Waals surface area contributed by atoms with E-state index in [9.17, 15) is 24.4 Å². The van der Waals surface area contributed by atoms with Crippen LogP contribution in [-0.2, 0) is 32.9 Å². The highest BCUT2D eigenvalue weighted by atomic mass is 31.2. The number of nitrogens with one attached hydrogen (secondary N) is 2. The number of esters is 2. The van der Waals surface area contributed by atoms with Crippen LogP contribution in [0.1, 0.15) is 61.6 Å². The minimum atomic E-state index is -4.22. The molecule has 0 radical (unpaired) electrons. The summed E-state index contributed by atoms with van der Waals surface area (Å²) in [4.78, 5) is 37.4. The van der Waals surface area contributed by atoms with Gasteiger partial charge in [0.25, 0.3) is 0 Å². The lowest BCUT2D eigenvalue weighted by molar-refractivity contribution is -0.148. The molecule has 1 saturated heterocycles. The molecule has 0 saturated carbocycles. The monoisotopic (exact) mass is 659 g/mol. The Kier molecular flexibility index (Phi) is 11.2. The van der Waals surface area contributed by atoms with Gasteiger partial charge >= 0.3 is 19.6 Å². The number of ether oxygens (including phenoxy) is 4. The Morgan fingerprint density at radius 1 is 1.18 bits per heavy atom. The molecule has 0 spiro atoms. The third-order valence-corrected chi connectivity index (χ3v) is 8.30. The number of aliphatic hydroxyl groups excluding tert-OH is 1. The number of hydrogen-bond acceptors (Lipinski definition) is 14. The SMILES string of the molecule is COc1nc(N)nc2c1ncn2C1OC(COP(=O)(NCC(=O)OCC(C)(C)C)NC(C)C(=O)OCC(C)(C)C)C(O)C1(C)O. The molecular weight excluding hydrogens is 613 g/mol. The third-order valence-electron chi connectivity index (χ3n) is 6.49. The van der Waals surface area contributed by atoms with E-state index < -0.39 is 62.8 Å². The van der Waals surface area contributed by atoms with E-state index in [0.29, 0.717) is 0 Å². The van der Waals surface area contributed by atoms with E-state index in [0.717, 1.165) is 0 Å². The molecule has 254 valence electrons. The smallest absolute Gasteiger partial charge is 0.342 e. The number of carbonyl (C=O) groups is 2. The van der Waals surface area contributed by atoms with Gasteiger partial charge in [-0.3, -0.25) is 18.7 Å². The third kappa shape index (κ3) is 9.54. The topological polar surface area (TPSA) is 231 Å². The Labute approximate surface area is 262 Å². The van der Waals surface area contributed by atoms with Crippen molar-refractivity contribution in [2.45, 2.75) is 85.5 Å². The second-order valence-electron chi connectivity index (χ2n) is 13.5. The van der Waals surface area contributed by atoms with Crippen LogP contribution in [0.3, 0.4) is 0 Å². The summed E-state index contributed by atoms with van der Waals surface area (Å²) < 4.78 is 42.7. The highest BCUT2D eigenvalue weighted by Crippen LogP contribution is 2.43. The molecule has 1 aliphatic rings. The number of nitrogen functional groups attached to an aromatic ring is 1. The average Bonchev–Trinajstić information content (AvgIpc) is 3.44. The molecule has 2 aromatic rings. The van der Waals surface area contributed by atoms with Crippen molar-refractivity contribution < 1.29 is 47.8 Å². The molecule has 1 fully saturated rings. The van der Waals surface area contributed by atoms with Gasteiger partial charge in [-0.05, 0) is 24.7 Å². The predicted octanol–water partition coefficient (Wildman–Crippen LogP) is 1.30.